The molecule has 8 heteroatoms. The number of methoxy groups -OCH3 is 1. The molecule has 1 N–H and O–H groups in total. The van der Waals surface area contributed by atoms with E-state index in [4.69, 9.17) is 4.74 Å². The number of halogens is 1. The number of nitriles is 1. The van der Waals surface area contributed by atoms with Gasteiger partial charge in [0.1, 0.15) is 28.2 Å². The first kappa shape index (κ1) is 26.0. The van der Waals surface area contributed by atoms with E-state index in [-0.39, 0.29) is 22.9 Å². The summed E-state index contributed by atoms with van der Waals surface area (Å²) >= 11 is 1.09. The Hall–Kier alpha value is -4.09. The Labute approximate surface area is 219 Å². The van der Waals surface area contributed by atoms with E-state index in [1.165, 1.54) is 18.1 Å². The summed E-state index contributed by atoms with van der Waals surface area (Å²) in [5.41, 5.74) is 2.19. The van der Waals surface area contributed by atoms with Gasteiger partial charge in [-0.25, -0.2) is 4.39 Å². The summed E-state index contributed by atoms with van der Waals surface area (Å²) < 4.78 is 19.7. The number of amides is 2. The fourth-order valence-electron chi connectivity index (χ4n) is 4.03. The molecule has 0 spiro atoms. The van der Waals surface area contributed by atoms with Crippen molar-refractivity contribution in [3.05, 3.63) is 100 Å². The van der Waals surface area contributed by atoms with Crippen LogP contribution in [-0.2, 0) is 16.0 Å². The van der Waals surface area contributed by atoms with Crippen molar-refractivity contribution in [1.29, 1.82) is 5.26 Å². The molecule has 0 aliphatic carbocycles. The van der Waals surface area contributed by atoms with Crippen molar-refractivity contribution in [2.24, 2.45) is 0 Å². The smallest absolute Gasteiger partial charge is 0.269 e. The molecule has 4 rings (SSSR count). The van der Waals surface area contributed by atoms with Crippen LogP contribution < -0.4 is 15.0 Å². The number of carbonyl (C=O) groups is 2. The molecular formula is C29H26FN3O3S. The van der Waals surface area contributed by atoms with Gasteiger partial charge in [-0.15, -0.1) is 0 Å². The Balaban J connectivity index is 1.75. The zero-order chi connectivity index (χ0) is 26.5. The van der Waals surface area contributed by atoms with Crippen molar-refractivity contribution >= 4 is 35.0 Å². The Morgan fingerprint density at radius 1 is 1.11 bits per heavy atom. The minimum Gasteiger partial charge on any atom is -0.495 e. The van der Waals surface area contributed by atoms with Crippen LogP contribution in [0.4, 0.5) is 15.8 Å². The first-order chi connectivity index (χ1) is 17.8. The molecular weight excluding hydrogens is 489 g/mol. The molecule has 188 valence electrons. The molecule has 1 fully saturated rings. The predicted molar refractivity (Wildman–Crippen MR) is 144 cm³/mol. The third-order valence-corrected chi connectivity index (χ3v) is 7.30. The van der Waals surface area contributed by atoms with Crippen LogP contribution in [0.5, 0.6) is 5.75 Å². The molecule has 1 heterocycles. The third-order valence-electron chi connectivity index (χ3n) is 6.04. The number of carbonyl (C=O) groups excluding carboxylic acids is 2. The molecule has 37 heavy (non-hydrogen) atoms. The molecule has 1 unspecified atom stereocenters. The number of nitrogens with zero attached hydrogens (tertiary/aromatic N) is 2. The molecule has 1 saturated heterocycles. The summed E-state index contributed by atoms with van der Waals surface area (Å²) in [5.74, 6) is -0.665. The number of benzene rings is 3. The number of ether oxygens (including phenoxy) is 1. The van der Waals surface area contributed by atoms with Crippen LogP contribution in [0.15, 0.2) is 83.4 Å². The highest BCUT2D eigenvalue weighted by atomic mass is 32.2. The number of hydrogen-bond acceptors (Lipinski definition) is 5. The second-order valence-electron chi connectivity index (χ2n) is 8.77. The fourth-order valence-corrected chi connectivity index (χ4v) is 5.32. The lowest BCUT2D eigenvalue weighted by atomic mass is 10.0. The van der Waals surface area contributed by atoms with Crippen LogP contribution in [0.2, 0.25) is 0 Å². The Bertz CT molecular complexity index is 1400. The highest BCUT2D eigenvalue weighted by Gasteiger charge is 2.41. The standard InChI is InChI=1S/C29H26FN3O3S/c1-18(2)19-12-14-21(15-13-19)33-28(35)26(16-20-8-4-5-9-23(20)30)37-29(33)22(17-31)27(34)32-24-10-6-7-11-25(24)36-3/h4-15,18,26H,16H2,1-3H3,(H,32,34)/b29-22-. The molecule has 1 aliphatic rings. The molecule has 3 aromatic carbocycles. The van der Waals surface area contributed by atoms with Crippen molar-refractivity contribution in [1.82, 2.24) is 0 Å². The SMILES string of the molecule is COc1ccccc1NC(=O)/C(C#N)=C1\SC(Cc2ccccc2F)C(=O)N1c1ccc(C(C)C)cc1. The van der Waals surface area contributed by atoms with E-state index in [1.54, 1.807) is 54.6 Å². The van der Waals surface area contributed by atoms with Gasteiger partial charge < -0.3 is 10.1 Å². The monoisotopic (exact) mass is 515 g/mol. The van der Waals surface area contributed by atoms with Crippen molar-refractivity contribution in [2.45, 2.75) is 31.4 Å². The normalized spacial score (nSPS) is 16.5. The van der Waals surface area contributed by atoms with Gasteiger partial charge in [-0.2, -0.15) is 5.26 Å². The summed E-state index contributed by atoms with van der Waals surface area (Å²) in [7, 11) is 1.48. The summed E-state index contributed by atoms with van der Waals surface area (Å²) in [6, 6.07) is 22.5. The minimum absolute atomic E-state index is 0.118. The molecule has 0 saturated carbocycles. The zero-order valence-electron chi connectivity index (χ0n) is 20.7. The van der Waals surface area contributed by atoms with Gasteiger partial charge in [0.05, 0.1) is 18.0 Å². The first-order valence-electron chi connectivity index (χ1n) is 11.8. The lowest BCUT2D eigenvalue weighted by Crippen LogP contribution is -2.31. The highest BCUT2D eigenvalue weighted by molar-refractivity contribution is 8.05. The predicted octanol–water partition coefficient (Wildman–Crippen LogP) is 6.02. The Kier molecular flexibility index (Phi) is 7.95. The number of thioether (sulfide) groups is 1. The van der Waals surface area contributed by atoms with E-state index >= 15 is 0 Å². The van der Waals surface area contributed by atoms with E-state index in [9.17, 15) is 19.2 Å². The lowest BCUT2D eigenvalue weighted by Gasteiger charge is -2.20. The van der Waals surface area contributed by atoms with Crippen LogP contribution in [0.3, 0.4) is 0 Å². The molecule has 3 aromatic rings. The van der Waals surface area contributed by atoms with Crippen LogP contribution in [-0.4, -0.2) is 24.2 Å². The molecule has 2 amide bonds. The molecule has 0 aromatic heterocycles. The Morgan fingerprint density at radius 2 is 1.78 bits per heavy atom. The van der Waals surface area contributed by atoms with Gasteiger partial charge >= 0.3 is 0 Å². The molecule has 0 bridgehead atoms. The van der Waals surface area contributed by atoms with E-state index in [1.807, 2.05) is 18.2 Å². The van der Waals surface area contributed by atoms with Crippen molar-refractivity contribution in [2.75, 3.05) is 17.3 Å². The fraction of sp³-hybridized carbons (Fsp3) is 0.207. The number of rotatable bonds is 7. The number of anilines is 2. The summed E-state index contributed by atoms with van der Waals surface area (Å²) in [5, 5.41) is 12.3. The summed E-state index contributed by atoms with van der Waals surface area (Å²) in [4.78, 5) is 28.3. The lowest BCUT2D eigenvalue weighted by molar-refractivity contribution is -0.117. The van der Waals surface area contributed by atoms with Crippen LogP contribution in [0.25, 0.3) is 0 Å². The van der Waals surface area contributed by atoms with Gasteiger partial charge in [0, 0.05) is 5.69 Å². The maximum Gasteiger partial charge on any atom is 0.269 e. The van der Waals surface area contributed by atoms with Gasteiger partial charge in [-0.1, -0.05) is 68.1 Å². The highest BCUT2D eigenvalue weighted by Crippen LogP contribution is 2.42. The zero-order valence-corrected chi connectivity index (χ0v) is 21.5. The van der Waals surface area contributed by atoms with E-state index < -0.39 is 17.0 Å². The van der Waals surface area contributed by atoms with Crippen molar-refractivity contribution < 1.29 is 18.7 Å². The van der Waals surface area contributed by atoms with Crippen LogP contribution in [0, 0.1) is 17.1 Å². The first-order valence-corrected chi connectivity index (χ1v) is 12.6. The van der Waals surface area contributed by atoms with Gasteiger partial charge in [0.2, 0.25) is 5.91 Å². The topological polar surface area (TPSA) is 82.4 Å². The maximum atomic E-state index is 14.4. The van der Waals surface area contributed by atoms with Crippen LogP contribution >= 0.6 is 11.8 Å². The quantitative estimate of drug-likeness (QED) is 0.307. The average molecular weight is 516 g/mol. The van der Waals surface area contributed by atoms with E-state index in [0.29, 0.717) is 28.6 Å². The molecule has 1 atom stereocenters. The van der Waals surface area contributed by atoms with E-state index in [0.717, 1.165) is 17.3 Å². The molecule has 6 nitrogen and oxygen atoms in total. The average Bonchev–Trinajstić information content (AvgIpc) is 3.21. The maximum absolute atomic E-state index is 14.4. The molecule has 0 radical (unpaired) electrons. The van der Waals surface area contributed by atoms with Gasteiger partial charge in [-0.3, -0.25) is 14.5 Å². The number of hydrogen-bond donors (Lipinski definition) is 1. The van der Waals surface area contributed by atoms with Crippen molar-refractivity contribution in [3.8, 4) is 11.8 Å². The Morgan fingerprint density at radius 3 is 2.43 bits per heavy atom. The van der Waals surface area contributed by atoms with Gasteiger partial charge in [-0.05, 0) is 53.8 Å². The molecule has 1 aliphatic heterocycles. The van der Waals surface area contributed by atoms with Crippen LogP contribution in [0.1, 0.15) is 30.9 Å². The summed E-state index contributed by atoms with van der Waals surface area (Å²) in [6.45, 7) is 4.13. The second-order valence-corrected chi connectivity index (χ2v) is 9.96. The number of para-hydroxylation sites is 2. The van der Waals surface area contributed by atoms with E-state index in [2.05, 4.69) is 19.2 Å². The van der Waals surface area contributed by atoms with Gasteiger partial charge in [0.25, 0.3) is 5.91 Å². The largest absolute Gasteiger partial charge is 0.495 e. The second kappa shape index (κ2) is 11.3. The summed E-state index contributed by atoms with van der Waals surface area (Å²) in [6.07, 6.45) is 0.118. The third kappa shape index (κ3) is 5.52. The minimum atomic E-state index is -0.709. The van der Waals surface area contributed by atoms with Gasteiger partial charge in [0.15, 0.2) is 0 Å². The van der Waals surface area contributed by atoms with Crippen molar-refractivity contribution in [3.63, 3.8) is 0 Å². The number of nitrogens with one attached hydrogen (secondary N) is 1.